The third kappa shape index (κ3) is 5.50. The summed E-state index contributed by atoms with van der Waals surface area (Å²) >= 11 is 0. The number of nitriles is 1. The predicted octanol–water partition coefficient (Wildman–Crippen LogP) is 3.17. The van der Waals surface area contributed by atoms with Crippen molar-refractivity contribution >= 4 is 0 Å². The van der Waals surface area contributed by atoms with Crippen molar-refractivity contribution in [2.75, 3.05) is 13.1 Å². The highest BCUT2D eigenvalue weighted by Crippen LogP contribution is 2.25. The Kier molecular flexibility index (Phi) is 6.29. The van der Waals surface area contributed by atoms with E-state index in [4.69, 9.17) is 0 Å². The number of nitrogens with zero attached hydrogens (tertiary/aromatic N) is 2. The normalized spacial score (nSPS) is 20.2. The average Bonchev–Trinajstić information content (AvgIpc) is 2.79. The standard InChI is InChI=1S/C16H31N3/c1-13(2)10-19(15-8-6-7-9-15)12-16(5,11-17)18-14(3)4/h13-15,18H,6-10,12H2,1-5H3. The molecule has 0 amide bonds. The first-order valence-corrected chi connectivity index (χ1v) is 7.79. The second-order valence-corrected chi connectivity index (χ2v) is 7.00. The zero-order valence-electron chi connectivity index (χ0n) is 13.4. The summed E-state index contributed by atoms with van der Waals surface area (Å²) in [5.41, 5.74) is -0.439. The number of nitrogens with one attached hydrogen (secondary N) is 1. The summed E-state index contributed by atoms with van der Waals surface area (Å²) in [5, 5.41) is 13.0. The molecule has 1 fully saturated rings. The van der Waals surface area contributed by atoms with Crippen molar-refractivity contribution in [3.63, 3.8) is 0 Å². The fourth-order valence-corrected chi connectivity index (χ4v) is 3.24. The summed E-state index contributed by atoms with van der Waals surface area (Å²) < 4.78 is 0. The van der Waals surface area contributed by atoms with Crippen LogP contribution in [0.2, 0.25) is 0 Å². The molecule has 0 aromatic heterocycles. The molecule has 0 radical (unpaired) electrons. The lowest BCUT2D eigenvalue weighted by Crippen LogP contribution is -2.55. The Morgan fingerprint density at radius 2 is 1.84 bits per heavy atom. The molecule has 3 nitrogen and oxygen atoms in total. The van der Waals surface area contributed by atoms with E-state index in [1.165, 1.54) is 25.7 Å². The van der Waals surface area contributed by atoms with Gasteiger partial charge in [-0.3, -0.25) is 10.2 Å². The van der Waals surface area contributed by atoms with Gasteiger partial charge in [-0.05, 0) is 39.5 Å². The van der Waals surface area contributed by atoms with Crippen LogP contribution in [0.15, 0.2) is 0 Å². The van der Waals surface area contributed by atoms with Gasteiger partial charge in [0.1, 0.15) is 5.54 Å². The molecule has 1 unspecified atom stereocenters. The van der Waals surface area contributed by atoms with E-state index in [-0.39, 0.29) is 0 Å². The molecule has 0 bridgehead atoms. The number of rotatable bonds is 7. The minimum absolute atomic E-state index is 0.342. The zero-order chi connectivity index (χ0) is 14.5. The summed E-state index contributed by atoms with van der Waals surface area (Å²) in [6.45, 7) is 12.7. The van der Waals surface area contributed by atoms with Crippen molar-refractivity contribution in [1.29, 1.82) is 5.26 Å². The maximum atomic E-state index is 9.52. The molecule has 0 spiro atoms. The van der Waals surface area contributed by atoms with Crippen LogP contribution >= 0.6 is 0 Å². The van der Waals surface area contributed by atoms with Crippen LogP contribution in [0.1, 0.15) is 60.3 Å². The smallest absolute Gasteiger partial charge is 0.116 e. The van der Waals surface area contributed by atoms with Gasteiger partial charge in [0.05, 0.1) is 6.07 Å². The van der Waals surface area contributed by atoms with E-state index >= 15 is 0 Å². The summed E-state index contributed by atoms with van der Waals surface area (Å²) in [6.07, 6.45) is 5.30. The van der Waals surface area contributed by atoms with Crippen LogP contribution in [0.4, 0.5) is 0 Å². The molecule has 0 aromatic carbocycles. The molecular formula is C16H31N3. The van der Waals surface area contributed by atoms with Gasteiger partial charge in [0, 0.05) is 25.2 Å². The Labute approximate surface area is 119 Å². The highest BCUT2D eigenvalue weighted by molar-refractivity contribution is 5.07. The molecule has 1 aliphatic rings. The second kappa shape index (κ2) is 7.26. The topological polar surface area (TPSA) is 39.1 Å². The van der Waals surface area contributed by atoms with Crippen LogP contribution in [0.25, 0.3) is 0 Å². The molecule has 1 saturated carbocycles. The molecule has 1 N–H and O–H groups in total. The minimum atomic E-state index is -0.439. The Hall–Kier alpha value is -0.590. The quantitative estimate of drug-likeness (QED) is 0.768. The third-order valence-electron chi connectivity index (χ3n) is 3.81. The van der Waals surface area contributed by atoms with Crippen molar-refractivity contribution < 1.29 is 0 Å². The second-order valence-electron chi connectivity index (χ2n) is 7.00. The van der Waals surface area contributed by atoms with Crippen LogP contribution < -0.4 is 5.32 Å². The molecule has 3 heteroatoms. The fraction of sp³-hybridized carbons (Fsp3) is 0.938. The molecule has 0 heterocycles. The van der Waals surface area contributed by atoms with E-state index in [2.05, 4.69) is 44.0 Å². The lowest BCUT2D eigenvalue weighted by molar-refractivity contribution is 0.141. The Morgan fingerprint density at radius 1 is 1.26 bits per heavy atom. The van der Waals surface area contributed by atoms with Crippen LogP contribution in [0.3, 0.4) is 0 Å². The van der Waals surface area contributed by atoms with Crippen molar-refractivity contribution in [3.8, 4) is 6.07 Å². The average molecular weight is 265 g/mol. The monoisotopic (exact) mass is 265 g/mol. The van der Waals surface area contributed by atoms with E-state index in [0.29, 0.717) is 18.0 Å². The van der Waals surface area contributed by atoms with Crippen LogP contribution in [-0.2, 0) is 0 Å². The van der Waals surface area contributed by atoms with Crippen molar-refractivity contribution in [2.24, 2.45) is 5.92 Å². The highest BCUT2D eigenvalue weighted by atomic mass is 15.2. The Balaban J connectivity index is 2.71. The molecule has 110 valence electrons. The van der Waals surface area contributed by atoms with E-state index in [1.807, 2.05) is 6.92 Å². The van der Waals surface area contributed by atoms with E-state index in [1.54, 1.807) is 0 Å². The zero-order valence-corrected chi connectivity index (χ0v) is 13.4. The van der Waals surface area contributed by atoms with Crippen molar-refractivity contribution in [3.05, 3.63) is 0 Å². The van der Waals surface area contributed by atoms with Gasteiger partial charge >= 0.3 is 0 Å². The largest absolute Gasteiger partial charge is 0.297 e. The molecule has 1 rings (SSSR count). The molecular weight excluding hydrogens is 234 g/mol. The Bertz CT molecular complexity index is 300. The maximum absolute atomic E-state index is 9.52. The van der Waals surface area contributed by atoms with Crippen molar-refractivity contribution in [1.82, 2.24) is 10.2 Å². The van der Waals surface area contributed by atoms with Crippen LogP contribution in [0.5, 0.6) is 0 Å². The van der Waals surface area contributed by atoms with Crippen molar-refractivity contribution in [2.45, 2.75) is 77.9 Å². The predicted molar refractivity (Wildman–Crippen MR) is 81.0 cm³/mol. The van der Waals surface area contributed by atoms with Gasteiger partial charge in [-0.15, -0.1) is 0 Å². The van der Waals surface area contributed by atoms with Crippen LogP contribution in [0, 0.1) is 17.2 Å². The summed E-state index contributed by atoms with van der Waals surface area (Å²) in [4.78, 5) is 2.55. The summed E-state index contributed by atoms with van der Waals surface area (Å²) in [7, 11) is 0. The Morgan fingerprint density at radius 3 is 2.26 bits per heavy atom. The van der Waals surface area contributed by atoms with Gasteiger partial charge in [-0.1, -0.05) is 26.7 Å². The molecule has 1 aliphatic carbocycles. The molecule has 0 aliphatic heterocycles. The molecule has 19 heavy (non-hydrogen) atoms. The van der Waals surface area contributed by atoms with E-state index in [0.717, 1.165) is 13.1 Å². The summed E-state index contributed by atoms with van der Waals surface area (Å²) in [6, 6.07) is 3.51. The minimum Gasteiger partial charge on any atom is -0.297 e. The number of hydrogen-bond acceptors (Lipinski definition) is 3. The number of hydrogen-bond donors (Lipinski definition) is 1. The molecule has 1 atom stereocenters. The van der Waals surface area contributed by atoms with Gasteiger partial charge in [0.15, 0.2) is 0 Å². The van der Waals surface area contributed by atoms with Crippen LogP contribution in [-0.4, -0.2) is 35.6 Å². The van der Waals surface area contributed by atoms with Gasteiger partial charge < -0.3 is 0 Å². The molecule has 0 saturated heterocycles. The maximum Gasteiger partial charge on any atom is 0.116 e. The van der Waals surface area contributed by atoms with Gasteiger partial charge in [0.2, 0.25) is 0 Å². The van der Waals surface area contributed by atoms with E-state index < -0.39 is 5.54 Å². The summed E-state index contributed by atoms with van der Waals surface area (Å²) in [5.74, 6) is 0.655. The van der Waals surface area contributed by atoms with Gasteiger partial charge in [0.25, 0.3) is 0 Å². The highest BCUT2D eigenvalue weighted by Gasteiger charge is 2.32. The van der Waals surface area contributed by atoms with E-state index in [9.17, 15) is 5.26 Å². The first kappa shape index (κ1) is 16.5. The molecule has 0 aromatic rings. The first-order chi connectivity index (χ1) is 8.86. The lowest BCUT2D eigenvalue weighted by Gasteiger charge is -2.37. The van der Waals surface area contributed by atoms with Gasteiger partial charge in [-0.2, -0.15) is 5.26 Å². The SMILES string of the molecule is CC(C)CN(CC(C)(C#N)NC(C)C)C1CCCC1. The van der Waals surface area contributed by atoms with Gasteiger partial charge in [-0.25, -0.2) is 0 Å². The first-order valence-electron chi connectivity index (χ1n) is 7.79. The lowest BCUT2D eigenvalue weighted by atomic mass is 9.99. The fourth-order valence-electron chi connectivity index (χ4n) is 3.24. The third-order valence-corrected chi connectivity index (χ3v) is 3.81.